The van der Waals surface area contributed by atoms with Crippen molar-refractivity contribution in [3.63, 3.8) is 0 Å². The molecular formula is C20H38N6O4. The Bertz CT molecular complexity index is 602. The van der Waals surface area contributed by atoms with Crippen molar-refractivity contribution < 1.29 is 19.2 Å². The van der Waals surface area contributed by atoms with Crippen molar-refractivity contribution in [1.82, 2.24) is 16.0 Å². The summed E-state index contributed by atoms with van der Waals surface area (Å²) in [5, 5.41) is 8.03. The van der Waals surface area contributed by atoms with Gasteiger partial charge in [-0.1, -0.05) is 27.7 Å². The molecule has 7 N–H and O–H groups in total. The van der Waals surface area contributed by atoms with Crippen LogP contribution in [0, 0.1) is 11.8 Å². The summed E-state index contributed by atoms with van der Waals surface area (Å²) in [5.41, 5.74) is 10.5. The second-order valence-electron chi connectivity index (χ2n) is 8.27. The molecule has 0 aromatic heterocycles. The van der Waals surface area contributed by atoms with E-state index in [0.717, 1.165) is 0 Å². The van der Waals surface area contributed by atoms with E-state index in [2.05, 4.69) is 20.9 Å². The fraction of sp³-hybridized carbons (Fsp3) is 0.750. The van der Waals surface area contributed by atoms with E-state index in [0.29, 0.717) is 38.5 Å². The summed E-state index contributed by atoms with van der Waals surface area (Å²) in [6.07, 6.45) is 2.38. The third-order valence-corrected chi connectivity index (χ3v) is 4.20. The van der Waals surface area contributed by atoms with Crippen LogP contribution in [0.4, 0.5) is 0 Å². The zero-order chi connectivity index (χ0) is 23.3. The molecule has 0 heterocycles. The maximum Gasteiger partial charge on any atom is 0.243 e. The lowest BCUT2D eigenvalue weighted by molar-refractivity contribution is -0.133. The first-order chi connectivity index (χ1) is 14.0. The quantitative estimate of drug-likeness (QED) is 0.112. The van der Waals surface area contributed by atoms with Crippen LogP contribution < -0.4 is 27.4 Å². The lowest BCUT2D eigenvalue weighted by Gasteiger charge is -2.25. The SMILES string of the molecule is CC(=O)N[C@@H](CC(C)C)C(=O)N[C@@H](CC(C)C)C(=O)N[C@H](C=O)CCCN=C(N)N. The van der Waals surface area contributed by atoms with Crippen LogP contribution in [0.25, 0.3) is 0 Å². The van der Waals surface area contributed by atoms with Crippen molar-refractivity contribution in [2.75, 3.05) is 6.54 Å². The Labute approximate surface area is 179 Å². The second kappa shape index (κ2) is 14.4. The number of carbonyl (C=O) groups is 4. The van der Waals surface area contributed by atoms with Gasteiger partial charge in [0.2, 0.25) is 17.7 Å². The van der Waals surface area contributed by atoms with E-state index in [1.54, 1.807) is 0 Å². The summed E-state index contributed by atoms with van der Waals surface area (Å²) in [6.45, 7) is 9.43. The smallest absolute Gasteiger partial charge is 0.243 e. The van der Waals surface area contributed by atoms with E-state index < -0.39 is 29.9 Å². The molecule has 10 nitrogen and oxygen atoms in total. The van der Waals surface area contributed by atoms with Gasteiger partial charge in [-0.25, -0.2) is 0 Å². The highest BCUT2D eigenvalue weighted by Crippen LogP contribution is 2.09. The van der Waals surface area contributed by atoms with E-state index >= 15 is 0 Å². The number of nitrogens with one attached hydrogen (secondary N) is 3. The van der Waals surface area contributed by atoms with E-state index in [1.165, 1.54) is 6.92 Å². The summed E-state index contributed by atoms with van der Waals surface area (Å²) in [6, 6.07) is -2.26. The minimum atomic E-state index is -0.818. The van der Waals surface area contributed by atoms with Gasteiger partial charge in [0.05, 0.1) is 6.04 Å². The molecule has 172 valence electrons. The minimum Gasteiger partial charge on any atom is -0.370 e. The van der Waals surface area contributed by atoms with Gasteiger partial charge in [-0.3, -0.25) is 19.4 Å². The highest BCUT2D eigenvalue weighted by atomic mass is 16.2. The Kier molecular flexibility index (Phi) is 13.1. The normalized spacial score (nSPS) is 13.8. The molecule has 3 atom stereocenters. The molecule has 0 aliphatic rings. The van der Waals surface area contributed by atoms with Gasteiger partial charge in [-0.2, -0.15) is 0 Å². The summed E-state index contributed by atoms with van der Waals surface area (Å²) in [7, 11) is 0. The Morgan fingerprint density at radius 1 is 0.900 bits per heavy atom. The van der Waals surface area contributed by atoms with E-state index in [1.807, 2.05) is 27.7 Å². The molecule has 10 heteroatoms. The Hall–Kier alpha value is -2.65. The van der Waals surface area contributed by atoms with Crippen molar-refractivity contribution in [3.8, 4) is 0 Å². The lowest BCUT2D eigenvalue weighted by atomic mass is 9.99. The average Bonchev–Trinajstić information content (AvgIpc) is 2.61. The summed E-state index contributed by atoms with van der Waals surface area (Å²) >= 11 is 0. The molecule has 0 radical (unpaired) electrons. The van der Waals surface area contributed by atoms with Gasteiger partial charge in [0, 0.05) is 13.5 Å². The highest BCUT2D eigenvalue weighted by Gasteiger charge is 2.28. The Morgan fingerprint density at radius 3 is 1.83 bits per heavy atom. The summed E-state index contributed by atoms with van der Waals surface area (Å²) in [4.78, 5) is 52.1. The van der Waals surface area contributed by atoms with Gasteiger partial charge in [-0.15, -0.1) is 0 Å². The standard InChI is InChI=1S/C20H38N6O4/c1-12(2)9-16(24-14(5)28)19(30)26-17(10-13(3)4)18(29)25-15(11-27)7-6-8-23-20(21)22/h11-13,15-17H,6-10H2,1-5H3,(H,24,28)(H,25,29)(H,26,30)(H4,21,22,23)/t15-,16-,17-/m0/s1. The van der Waals surface area contributed by atoms with Crippen LogP contribution in [0.5, 0.6) is 0 Å². The van der Waals surface area contributed by atoms with Gasteiger partial charge in [0.25, 0.3) is 0 Å². The van der Waals surface area contributed by atoms with E-state index in [-0.39, 0.29) is 23.7 Å². The molecule has 0 bridgehead atoms. The van der Waals surface area contributed by atoms with Crippen LogP contribution in [0.2, 0.25) is 0 Å². The van der Waals surface area contributed by atoms with Gasteiger partial charge in [0.15, 0.2) is 5.96 Å². The van der Waals surface area contributed by atoms with Crippen LogP contribution in [-0.4, -0.2) is 54.6 Å². The molecule has 3 amide bonds. The summed E-state index contributed by atoms with van der Waals surface area (Å²) in [5.74, 6) is -0.909. The van der Waals surface area contributed by atoms with Crippen molar-refractivity contribution in [1.29, 1.82) is 0 Å². The maximum atomic E-state index is 12.8. The van der Waals surface area contributed by atoms with Crippen molar-refractivity contribution in [3.05, 3.63) is 0 Å². The minimum absolute atomic E-state index is 0.0310. The molecule has 0 fully saturated rings. The number of guanidine groups is 1. The van der Waals surface area contributed by atoms with E-state index in [4.69, 9.17) is 11.5 Å². The van der Waals surface area contributed by atoms with Crippen molar-refractivity contribution in [2.45, 2.75) is 78.4 Å². The molecule has 0 unspecified atom stereocenters. The fourth-order valence-electron chi connectivity index (χ4n) is 2.90. The fourth-order valence-corrected chi connectivity index (χ4v) is 2.90. The van der Waals surface area contributed by atoms with Gasteiger partial charge < -0.3 is 32.2 Å². The van der Waals surface area contributed by atoms with Crippen molar-refractivity contribution in [2.24, 2.45) is 28.3 Å². The number of aliphatic imine (C=N–C) groups is 1. The number of nitrogens with zero attached hydrogens (tertiary/aromatic N) is 1. The molecule has 0 spiro atoms. The van der Waals surface area contributed by atoms with E-state index in [9.17, 15) is 19.2 Å². The number of hydrogen-bond donors (Lipinski definition) is 5. The first kappa shape index (κ1) is 27.4. The number of rotatable bonds is 14. The number of nitrogens with two attached hydrogens (primary N) is 2. The molecule has 0 aromatic rings. The molecule has 0 rings (SSSR count). The molecule has 0 saturated heterocycles. The predicted octanol–water partition coefficient (Wildman–Crippen LogP) is -0.195. The Balaban J connectivity index is 5.10. The van der Waals surface area contributed by atoms with Crippen LogP contribution in [-0.2, 0) is 19.2 Å². The lowest BCUT2D eigenvalue weighted by Crippen LogP contribution is -2.55. The molecule has 30 heavy (non-hydrogen) atoms. The van der Waals surface area contributed by atoms with Crippen LogP contribution >= 0.6 is 0 Å². The van der Waals surface area contributed by atoms with Crippen LogP contribution in [0.3, 0.4) is 0 Å². The van der Waals surface area contributed by atoms with Crippen LogP contribution in [0.15, 0.2) is 4.99 Å². The van der Waals surface area contributed by atoms with Gasteiger partial charge >= 0.3 is 0 Å². The first-order valence-electron chi connectivity index (χ1n) is 10.3. The average molecular weight is 427 g/mol. The molecule has 0 aliphatic heterocycles. The molecule has 0 aromatic carbocycles. The maximum absolute atomic E-state index is 12.8. The second-order valence-corrected chi connectivity index (χ2v) is 8.27. The summed E-state index contributed by atoms with van der Waals surface area (Å²) < 4.78 is 0. The van der Waals surface area contributed by atoms with Crippen LogP contribution in [0.1, 0.15) is 60.3 Å². The predicted molar refractivity (Wildman–Crippen MR) is 116 cm³/mol. The van der Waals surface area contributed by atoms with Crippen molar-refractivity contribution >= 4 is 30.0 Å². The highest BCUT2D eigenvalue weighted by molar-refractivity contribution is 5.92. The Morgan fingerprint density at radius 2 is 1.40 bits per heavy atom. The third-order valence-electron chi connectivity index (χ3n) is 4.20. The van der Waals surface area contributed by atoms with Gasteiger partial charge in [0.1, 0.15) is 18.4 Å². The monoisotopic (exact) mass is 426 g/mol. The number of aldehydes is 1. The zero-order valence-corrected chi connectivity index (χ0v) is 18.7. The molecule has 0 saturated carbocycles. The number of hydrogen-bond acceptors (Lipinski definition) is 5. The zero-order valence-electron chi connectivity index (χ0n) is 18.7. The third kappa shape index (κ3) is 12.7. The molecular weight excluding hydrogens is 388 g/mol. The number of carbonyl (C=O) groups excluding carboxylic acids is 4. The topological polar surface area (TPSA) is 169 Å². The molecule has 0 aliphatic carbocycles. The number of amides is 3. The van der Waals surface area contributed by atoms with Gasteiger partial charge in [-0.05, 0) is 37.5 Å². The first-order valence-corrected chi connectivity index (χ1v) is 10.3. The largest absolute Gasteiger partial charge is 0.370 e.